The second-order valence-corrected chi connectivity index (χ2v) is 7.91. The normalized spacial score (nSPS) is 18.1. The van der Waals surface area contributed by atoms with Gasteiger partial charge in [-0.3, -0.25) is 4.79 Å². The first kappa shape index (κ1) is 18.9. The number of aryl methyl sites for hydroxylation is 1. The molecule has 0 N–H and O–H groups in total. The Morgan fingerprint density at radius 2 is 1.86 bits per heavy atom. The first-order valence-corrected chi connectivity index (χ1v) is 10.2. The lowest BCUT2D eigenvalue weighted by molar-refractivity contribution is -0.000493. The Morgan fingerprint density at radius 1 is 1.14 bits per heavy atom. The summed E-state index contributed by atoms with van der Waals surface area (Å²) in [4.78, 5) is 27.1. The van der Waals surface area contributed by atoms with Gasteiger partial charge in [-0.25, -0.2) is 4.79 Å². The topological polar surface area (TPSA) is 59.8 Å². The van der Waals surface area contributed by atoms with Crippen molar-refractivity contribution in [1.29, 1.82) is 0 Å². The number of carbonyl (C=O) groups excluding carboxylic acids is 1. The molecule has 2 aromatic rings. The van der Waals surface area contributed by atoms with Crippen LogP contribution < -0.4 is 5.63 Å². The number of carbonyl (C=O) groups is 1. The third-order valence-electron chi connectivity index (χ3n) is 5.95. The van der Waals surface area contributed by atoms with Gasteiger partial charge in [0.05, 0.1) is 12.7 Å². The van der Waals surface area contributed by atoms with Gasteiger partial charge in [0, 0.05) is 19.0 Å². The van der Waals surface area contributed by atoms with E-state index < -0.39 is 5.63 Å². The summed E-state index contributed by atoms with van der Waals surface area (Å²) in [6, 6.07) is 12.0. The third-order valence-corrected chi connectivity index (χ3v) is 5.95. The van der Waals surface area contributed by atoms with Crippen molar-refractivity contribution < 1.29 is 13.9 Å². The van der Waals surface area contributed by atoms with Gasteiger partial charge in [0.25, 0.3) is 5.91 Å². The lowest BCUT2D eigenvalue weighted by Crippen LogP contribution is -2.42. The standard InChI is InChI=1S/C23H27NO4/c1-16-14-20(18-8-5-9-18)28-23(26)21(16)22(25)24-12-10-19(11-13-24)27-15-17-6-3-2-4-7-17/h2-4,6-7,14,18-19H,5,8-13,15H2,1H3. The highest BCUT2D eigenvalue weighted by Crippen LogP contribution is 2.36. The lowest BCUT2D eigenvalue weighted by atomic mass is 9.83. The van der Waals surface area contributed by atoms with Crippen molar-refractivity contribution in [1.82, 2.24) is 4.90 Å². The summed E-state index contributed by atoms with van der Waals surface area (Å²) in [5.74, 6) is 0.860. The minimum atomic E-state index is -0.491. The third kappa shape index (κ3) is 4.04. The second kappa shape index (κ2) is 8.31. The van der Waals surface area contributed by atoms with Gasteiger partial charge in [0.2, 0.25) is 0 Å². The molecule has 0 bridgehead atoms. The van der Waals surface area contributed by atoms with Gasteiger partial charge in [-0.05, 0) is 49.8 Å². The molecule has 1 saturated heterocycles. The first-order chi connectivity index (χ1) is 13.6. The zero-order valence-electron chi connectivity index (χ0n) is 16.4. The number of rotatable bonds is 5. The number of likely N-dealkylation sites (tertiary alicyclic amines) is 1. The predicted molar refractivity (Wildman–Crippen MR) is 106 cm³/mol. The van der Waals surface area contributed by atoms with E-state index in [9.17, 15) is 9.59 Å². The van der Waals surface area contributed by atoms with E-state index >= 15 is 0 Å². The van der Waals surface area contributed by atoms with Crippen molar-refractivity contribution in [3.05, 3.63) is 69.3 Å². The van der Waals surface area contributed by atoms with E-state index in [0.29, 0.717) is 25.6 Å². The summed E-state index contributed by atoms with van der Waals surface area (Å²) in [5, 5.41) is 0. The van der Waals surface area contributed by atoms with Crippen LogP contribution >= 0.6 is 0 Å². The molecule has 4 rings (SSSR count). The maximum absolute atomic E-state index is 12.9. The van der Waals surface area contributed by atoms with E-state index in [1.807, 2.05) is 43.3 Å². The van der Waals surface area contributed by atoms with E-state index in [1.165, 1.54) is 6.42 Å². The summed E-state index contributed by atoms with van der Waals surface area (Å²) in [7, 11) is 0. The van der Waals surface area contributed by atoms with Crippen LogP contribution in [0, 0.1) is 6.92 Å². The molecule has 2 aliphatic rings. The Labute approximate surface area is 165 Å². The zero-order valence-corrected chi connectivity index (χ0v) is 16.4. The van der Waals surface area contributed by atoms with E-state index in [1.54, 1.807) is 4.90 Å². The highest BCUT2D eigenvalue weighted by atomic mass is 16.5. The summed E-state index contributed by atoms with van der Waals surface area (Å²) < 4.78 is 11.5. The fourth-order valence-electron chi connectivity index (χ4n) is 3.96. The second-order valence-electron chi connectivity index (χ2n) is 7.91. The van der Waals surface area contributed by atoms with Crippen LogP contribution in [0.5, 0.6) is 0 Å². The molecule has 1 aliphatic carbocycles. The van der Waals surface area contributed by atoms with E-state index in [-0.39, 0.29) is 17.6 Å². The quantitative estimate of drug-likeness (QED) is 0.784. The van der Waals surface area contributed by atoms with Gasteiger partial charge >= 0.3 is 5.63 Å². The molecule has 0 atom stereocenters. The number of benzene rings is 1. The average molecular weight is 381 g/mol. The Bertz CT molecular complexity index is 877. The van der Waals surface area contributed by atoms with Gasteiger partial charge in [-0.1, -0.05) is 36.8 Å². The molecule has 5 nitrogen and oxygen atoms in total. The molecule has 148 valence electrons. The Balaban J connectivity index is 1.35. The van der Waals surface area contributed by atoms with Crippen LogP contribution in [-0.4, -0.2) is 30.0 Å². The highest BCUT2D eigenvalue weighted by Gasteiger charge is 2.29. The molecule has 1 aromatic carbocycles. The van der Waals surface area contributed by atoms with Gasteiger partial charge in [0.1, 0.15) is 11.3 Å². The van der Waals surface area contributed by atoms with Crippen molar-refractivity contribution in [2.24, 2.45) is 0 Å². The smallest absolute Gasteiger partial charge is 0.349 e. The van der Waals surface area contributed by atoms with E-state index in [0.717, 1.165) is 42.6 Å². The maximum atomic E-state index is 12.9. The molecule has 0 radical (unpaired) electrons. The minimum absolute atomic E-state index is 0.141. The molecule has 5 heteroatoms. The summed E-state index contributed by atoms with van der Waals surface area (Å²) in [5.41, 5.74) is 1.58. The van der Waals surface area contributed by atoms with Crippen LogP contribution in [0.2, 0.25) is 0 Å². The number of hydrogen-bond donors (Lipinski definition) is 0. The number of piperidine rings is 1. The van der Waals surface area contributed by atoms with Crippen molar-refractivity contribution >= 4 is 5.91 Å². The van der Waals surface area contributed by atoms with Gasteiger partial charge in [-0.2, -0.15) is 0 Å². The lowest BCUT2D eigenvalue weighted by Gasteiger charge is -2.32. The van der Waals surface area contributed by atoms with Crippen LogP contribution in [0.15, 0.2) is 45.6 Å². The monoisotopic (exact) mass is 381 g/mol. The zero-order chi connectivity index (χ0) is 19.5. The first-order valence-electron chi connectivity index (χ1n) is 10.2. The molecule has 1 saturated carbocycles. The highest BCUT2D eigenvalue weighted by molar-refractivity contribution is 5.95. The van der Waals surface area contributed by atoms with Crippen molar-refractivity contribution in [2.75, 3.05) is 13.1 Å². The predicted octanol–water partition coefficient (Wildman–Crippen LogP) is 4.04. The van der Waals surface area contributed by atoms with E-state index in [4.69, 9.17) is 9.15 Å². The van der Waals surface area contributed by atoms with Crippen LogP contribution in [0.4, 0.5) is 0 Å². The number of hydrogen-bond acceptors (Lipinski definition) is 4. The van der Waals surface area contributed by atoms with Crippen LogP contribution in [-0.2, 0) is 11.3 Å². The summed E-state index contributed by atoms with van der Waals surface area (Å²) >= 11 is 0. The van der Waals surface area contributed by atoms with Crippen LogP contribution in [0.25, 0.3) is 0 Å². The number of ether oxygens (including phenoxy) is 1. The molecule has 0 spiro atoms. The average Bonchev–Trinajstić information content (AvgIpc) is 2.65. The fraction of sp³-hybridized carbons (Fsp3) is 0.478. The SMILES string of the molecule is Cc1cc(C2CCC2)oc(=O)c1C(=O)N1CCC(OCc2ccccc2)CC1. The molecule has 1 aliphatic heterocycles. The maximum Gasteiger partial charge on any atom is 0.349 e. The minimum Gasteiger partial charge on any atom is -0.427 e. The largest absolute Gasteiger partial charge is 0.427 e. The van der Waals surface area contributed by atoms with Crippen molar-refractivity contribution in [3.63, 3.8) is 0 Å². The molecule has 1 amide bonds. The number of amides is 1. The van der Waals surface area contributed by atoms with Gasteiger partial charge < -0.3 is 14.1 Å². The Kier molecular flexibility index (Phi) is 5.62. The molecular formula is C23H27NO4. The molecule has 0 unspecified atom stereocenters. The van der Waals surface area contributed by atoms with Gasteiger partial charge in [-0.15, -0.1) is 0 Å². The van der Waals surface area contributed by atoms with Crippen LogP contribution in [0.1, 0.15) is 65.3 Å². The molecule has 2 heterocycles. The van der Waals surface area contributed by atoms with Crippen molar-refractivity contribution in [2.45, 2.75) is 57.7 Å². The Morgan fingerprint density at radius 3 is 2.46 bits per heavy atom. The summed E-state index contributed by atoms with van der Waals surface area (Å²) in [6.45, 7) is 3.62. The van der Waals surface area contributed by atoms with Crippen molar-refractivity contribution in [3.8, 4) is 0 Å². The van der Waals surface area contributed by atoms with E-state index in [2.05, 4.69) is 0 Å². The van der Waals surface area contributed by atoms with Gasteiger partial charge in [0.15, 0.2) is 0 Å². The van der Waals surface area contributed by atoms with Crippen LogP contribution in [0.3, 0.4) is 0 Å². The molecular weight excluding hydrogens is 354 g/mol. The molecule has 2 fully saturated rings. The fourth-order valence-corrected chi connectivity index (χ4v) is 3.96. The number of nitrogens with zero attached hydrogens (tertiary/aromatic N) is 1. The molecule has 1 aromatic heterocycles. The summed E-state index contributed by atoms with van der Waals surface area (Å²) in [6.07, 6.45) is 5.00. The Hall–Kier alpha value is -2.40. The molecule has 28 heavy (non-hydrogen) atoms.